The van der Waals surface area contributed by atoms with Crippen LogP contribution in [0.25, 0.3) is 0 Å². The number of urea groups is 1. The summed E-state index contributed by atoms with van der Waals surface area (Å²) in [5.41, 5.74) is 0.446. The predicted molar refractivity (Wildman–Crippen MR) is 72.4 cm³/mol. The Kier molecular flexibility index (Phi) is 4.62. The average Bonchev–Trinajstić information content (AvgIpc) is 3.04. The highest BCUT2D eigenvalue weighted by Gasteiger charge is 2.38. The number of esters is 1. The number of hydrogen-bond donors (Lipinski definition) is 1. The summed E-state index contributed by atoms with van der Waals surface area (Å²) in [5, 5.41) is 2.65. The van der Waals surface area contributed by atoms with Crippen molar-refractivity contribution in [3.8, 4) is 0 Å². The van der Waals surface area contributed by atoms with Crippen molar-refractivity contribution in [2.24, 2.45) is 0 Å². The van der Waals surface area contributed by atoms with E-state index in [9.17, 15) is 14.4 Å². The van der Waals surface area contributed by atoms with E-state index >= 15 is 0 Å². The number of rotatable bonds is 6. The van der Waals surface area contributed by atoms with Gasteiger partial charge >= 0.3 is 12.0 Å². The Hall–Kier alpha value is -2.31. The second-order valence-corrected chi connectivity index (χ2v) is 4.84. The van der Waals surface area contributed by atoms with Gasteiger partial charge in [-0.1, -0.05) is 19.8 Å². The molecule has 0 aromatic carbocycles. The molecular weight excluding hydrogens is 276 g/mol. The van der Waals surface area contributed by atoms with Gasteiger partial charge in [0.2, 0.25) is 5.76 Å². The molecule has 2 heterocycles. The van der Waals surface area contributed by atoms with Gasteiger partial charge < -0.3 is 14.5 Å². The molecule has 1 aliphatic heterocycles. The summed E-state index contributed by atoms with van der Waals surface area (Å²) >= 11 is 0. The highest BCUT2D eigenvalue weighted by molar-refractivity contribution is 6.04. The van der Waals surface area contributed by atoms with Crippen LogP contribution < -0.4 is 5.32 Å². The Balaban J connectivity index is 2.09. The maximum absolute atomic E-state index is 12.2. The van der Waals surface area contributed by atoms with Gasteiger partial charge in [-0.3, -0.25) is 9.69 Å². The van der Waals surface area contributed by atoms with Crippen molar-refractivity contribution in [1.29, 1.82) is 0 Å². The summed E-state index contributed by atoms with van der Waals surface area (Å²) in [5.74, 6) is -0.898. The van der Waals surface area contributed by atoms with E-state index in [0.717, 1.165) is 17.7 Å². The van der Waals surface area contributed by atoms with E-state index in [4.69, 9.17) is 4.42 Å². The van der Waals surface area contributed by atoms with Crippen LogP contribution >= 0.6 is 0 Å². The van der Waals surface area contributed by atoms with Crippen LogP contribution in [0.2, 0.25) is 0 Å². The van der Waals surface area contributed by atoms with Crippen LogP contribution in [0.3, 0.4) is 0 Å². The molecule has 0 radical (unpaired) electrons. The SMILES string of the molecule is CCCC[C@@H]1NC(=O)N(Cc2ccoc2C(=O)OC)C1=O. The number of ether oxygens (including phenoxy) is 1. The third kappa shape index (κ3) is 3.07. The fourth-order valence-corrected chi connectivity index (χ4v) is 2.23. The molecule has 1 aromatic rings. The van der Waals surface area contributed by atoms with Gasteiger partial charge in [0.05, 0.1) is 19.9 Å². The lowest BCUT2D eigenvalue weighted by Gasteiger charge is -2.12. The lowest BCUT2D eigenvalue weighted by Crippen LogP contribution is -2.31. The predicted octanol–water partition coefficient (Wildman–Crippen LogP) is 1.68. The minimum absolute atomic E-state index is 0.00573. The van der Waals surface area contributed by atoms with Gasteiger partial charge in [0.1, 0.15) is 6.04 Å². The minimum Gasteiger partial charge on any atom is -0.463 e. The summed E-state index contributed by atoms with van der Waals surface area (Å²) in [7, 11) is 1.24. The summed E-state index contributed by atoms with van der Waals surface area (Å²) < 4.78 is 9.64. The van der Waals surface area contributed by atoms with Crippen molar-refractivity contribution in [1.82, 2.24) is 10.2 Å². The highest BCUT2D eigenvalue weighted by atomic mass is 16.5. The van der Waals surface area contributed by atoms with Crippen LogP contribution in [0.1, 0.15) is 42.3 Å². The number of amides is 3. The first kappa shape index (κ1) is 15.1. The molecule has 1 fully saturated rings. The van der Waals surface area contributed by atoms with E-state index in [1.807, 2.05) is 6.92 Å². The van der Waals surface area contributed by atoms with Gasteiger partial charge in [0.15, 0.2) is 0 Å². The molecule has 1 aliphatic rings. The number of unbranched alkanes of at least 4 members (excludes halogenated alkanes) is 1. The highest BCUT2D eigenvalue weighted by Crippen LogP contribution is 2.19. The maximum atomic E-state index is 12.2. The number of imide groups is 1. The van der Waals surface area contributed by atoms with E-state index in [1.54, 1.807) is 6.07 Å². The maximum Gasteiger partial charge on any atom is 0.374 e. The quantitative estimate of drug-likeness (QED) is 0.637. The molecule has 0 aliphatic carbocycles. The molecule has 0 saturated carbocycles. The molecule has 3 amide bonds. The van der Waals surface area contributed by atoms with Crippen LogP contribution in [-0.4, -0.2) is 36.0 Å². The lowest BCUT2D eigenvalue weighted by molar-refractivity contribution is -0.128. The zero-order valence-corrected chi connectivity index (χ0v) is 12.0. The third-order valence-corrected chi connectivity index (χ3v) is 3.40. The number of furan rings is 1. The standard InChI is InChI=1S/C14H18N2O5/c1-3-4-5-10-12(17)16(14(19)15-10)8-9-6-7-21-11(9)13(18)20-2/h6-7,10H,3-5,8H2,1-2H3,(H,15,19)/t10-/m0/s1. The zero-order valence-electron chi connectivity index (χ0n) is 12.0. The van der Waals surface area contributed by atoms with Crippen LogP contribution in [-0.2, 0) is 16.1 Å². The Bertz CT molecular complexity index is 551. The first-order valence-electron chi connectivity index (χ1n) is 6.85. The smallest absolute Gasteiger partial charge is 0.374 e. The average molecular weight is 294 g/mol. The molecule has 0 unspecified atom stereocenters. The fraction of sp³-hybridized carbons (Fsp3) is 0.500. The van der Waals surface area contributed by atoms with Crippen LogP contribution in [0.15, 0.2) is 16.7 Å². The number of carbonyl (C=O) groups is 3. The van der Waals surface area contributed by atoms with E-state index in [2.05, 4.69) is 10.1 Å². The molecule has 0 spiro atoms. The van der Waals surface area contributed by atoms with Crippen LogP contribution in [0, 0.1) is 0 Å². The van der Waals surface area contributed by atoms with Crippen molar-refractivity contribution >= 4 is 17.9 Å². The zero-order chi connectivity index (χ0) is 15.4. The monoisotopic (exact) mass is 294 g/mol. The molecule has 1 saturated heterocycles. The molecule has 114 valence electrons. The molecule has 1 N–H and O–H groups in total. The minimum atomic E-state index is -0.635. The first-order chi connectivity index (χ1) is 10.1. The Labute approximate surface area is 122 Å². The van der Waals surface area contributed by atoms with Gasteiger partial charge in [-0.15, -0.1) is 0 Å². The normalized spacial score (nSPS) is 18.0. The molecule has 7 nitrogen and oxygen atoms in total. The molecule has 0 bridgehead atoms. The molecule has 1 aromatic heterocycles. The lowest BCUT2D eigenvalue weighted by atomic mass is 10.1. The van der Waals surface area contributed by atoms with Crippen molar-refractivity contribution in [3.63, 3.8) is 0 Å². The van der Waals surface area contributed by atoms with Gasteiger partial charge in [0.25, 0.3) is 5.91 Å². The molecule has 21 heavy (non-hydrogen) atoms. The number of nitrogens with one attached hydrogen (secondary N) is 1. The Morgan fingerprint density at radius 3 is 2.90 bits per heavy atom. The van der Waals surface area contributed by atoms with E-state index in [1.165, 1.54) is 13.4 Å². The molecule has 7 heteroatoms. The van der Waals surface area contributed by atoms with E-state index in [0.29, 0.717) is 12.0 Å². The first-order valence-corrected chi connectivity index (χ1v) is 6.85. The Morgan fingerprint density at radius 1 is 1.48 bits per heavy atom. The summed E-state index contributed by atoms with van der Waals surface area (Å²) in [4.78, 5) is 36.7. The molecule has 2 rings (SSSR count). The molecule has 1 atom stereocenters. The van der Waals surface area contributed by atoms with Gasteiger partial charge in [-0.25, -0.2) is 9.59 Å². The van der Waals surface area contributed by atoms with Crippen molar-refractivity contribution in [2.75, 3.05) is 7.11 Å². The second kappa shape index (κ2) is 6.43. The number of methoxy groups -OCH3 is 1. The van der Waals surface area contributed by atoms with Crippen molar-refractivity contribution in [2.45, 2.75) is 38.8 Å². The number of nitrogens with zero attached hydrogens (tertiary/aromatic N) is 1. The topological polar surface area (TPSA) is 88.8 Å². The van der Waals surface area contributed by atoms with E-state index < -0.39 is 18.0 Å². The summed E-state index contributed by atoms with van der Waals surface area (Å²) in [6.07, 6.45) is 3.76. The second-order valence-electron chi connectivity index (χ2n) is 4.84. The summed E-state index contributed by atoms with van der Waals surface area (Å²) in [6.45, 7) is 2.02. The van der Waals surface area contributed by atoms with Crippen LogP contribution in [0.4, 0.5) is 4.79 Å². The number of carbonyl (C=O) groups excluding carboxylic acids is 3. The fourth-order valence-electron chi connectivity index (χ4n) is 2.23. The van der Waals surface area contributed by atoms with Crippen LogP contribution in [0.5, 0.6) is 0 Å². The van der Waals surface area contributed by atoms with Gasteiger partial charge in [0, 0.05) is 5.56 Å². The van der Waals surface area contributed by atoms with Gasteiger partial charge in [-0.2, -0.15) is 0 Å². The van der Waals surface area contributed by atoms with Crippen molar-refractivity contribution in [3.05, 3.63) is 23.7 Å². The van der Waals surface area contributed by atoms with E-state index in [-0.39, 0.29) is 18.2 Å². The summed E-state index contributed by atoms with van der Waals surface area (Å²) in [6, 6.07) is 0.621. The third-order valence-electron chi connectivity index (χ3n) is 3.40. The van der Waals surface area contributed by atoms with Gasteiger partial charge in [-0.05, 0) is 12.5 Å². The number of hydrogen-bond acceptors (Lipinski definition) is 5. The Morgan fingerprint density at radius 2 is 2.24 bits per heavy atom. The molecular formula is C14H18N2O5. The largest absolute Gasteiger partial charge is 0.463 e. The van der Waals surface area contributed by atoms with Crippen molar-refractivity contribution < 1.29 is 23.5 Å².